The van der Waals surface area contributed by atoms with Crippen molar-refractivity contribution in [3.05, 3.63) is 0 Å². The molecule has 0 aromatic carbocycles. The SMILES string of the molecule is CC.CC1CC(C(C)(C)C)C(O)C(C(C)(C)C)C1. The number of hydrogen-bond donors (Lipinski definition) is 1. The molecule has 2 unspecified atom stereocenters. The maximum atomic E-state index is 10.6. The smallest absolute Gasteiger partial charge is 0.0606 e. The van der Waals surface area contributed by atoms with E-state index < -0.39 is 0 Å². The van der Waals surface area contributed by atoms with Crippen LogP contribution in [0.2, 0.25) is 0 Å². The van der Waals surface area contributed by atoms with Crippen molar-refractivity contribution in [3.63, 3.8) is 0 Å². The molecular weight excluding hydrogens is 220 g/mol. The highest BCUT2D eigenvalue weighted by atomic mass is 16.3. The van der Waals surface area contributed by atoms with E-state index in [1.165, 1.54) is 12.8 Å². The van der Waals surface area contributed by atoms with Crippen LogP contribution in [0.4, 0.5) is 0 Å². The Hall–Kier alpha value is -0.0400. The molecule has 0 heterocycles. The Morgan fingerprint density at radius 2 is 1.06 bits per heavy atom. The van der Waals surface area contributed by atoms with Crippen LogP contribution in [0.15, 0.2) is 0 Å². The maximum absolute atomic E-state index is 10.6. The van der Waals surface area contributed by atoms with Gasteiger partial charge in [-0.3, -0.25) is 0 Å². The average molecular weight is 256 g/mol. The van der Waals surface area contributed by atoms with Gasteiger partial charge in [-0.05, 0) is 41.4 Å². The van der Waals surface area contributed by atoms with Gasteiger partial charge in [-0.25, -0.2) is 0 Å². The highest BCUT2D eigenvalue weighted by Crippen LogP contribution is 2.48. The van der Waals surface area contributed by atoms with Crippen LogP contribution in [-0.4, -0.2) is 11.2 Å². The standard InChI is InChI=1S/C15H30O.C2H6/c1-10-8-11(14(2,3)4)13(16)12(9-10)15(5,6)7;1-2/h10-13,16H,8-9H2,1-7H3;1-2H3. The van der Waals surface area contributed by atoms with Gasteiger partial charge >= 0.3 is 0 Å². The molecule has 1 fully saturated rings. The fourth-order valence-electron chi connectivity index (χ4n) is 3.25. The second kappa shape index (κ2) is 6.41. The second-order valence-electron chi connectivity index (χ2n) is 8.01. The van der Waals surface area contributed by atoms with Gasteiger partial charge < -0.3 is 5.11 Å². The molecule has 0 bridgehead atoms. The van der Waals surface area contributed by atoms with Crippen LogP contribution in [0.25, 0.3) is 0 Å². The van der Waals surface area contributed by atoms with Crippen molar-refractivity contribution < 1.29 is 5.11 Å². The molecule has 1 heteroatoms. The van der Waals surface area contributed by atoms with Gasteiger partial charge in [-0.2, -0.15) is 0 Å². The van der Waals surface area contributed by atoms with Crippen molar-refractivity contribution in [1.82, 2.24) is 0 Å². The highest BCUT2D eigenvalue weighted by Gasteiger charge is 2.44. The minimum atomic E-state index is -0.129. The molecule has 1 saturated carbocycles. The van der Waals surface area contributed by atoms with Gasteiger partial charge in [0.1, 0.15) is 0 Å². The van der Waals surface area contributed by atoms with E-state index in [1.807, 2.05) is 13.8 Å². The summed E-state index contributed by atoms with van der Waals surface area (Å²) in [6.07, 6.45) is 2.23. The third kappa shape index (κ3) is 4.57. The van der Waals surface area contributed by atoms with Crippen LogP contribution < -0.4 is 0 Å². The van der Waals surface area contributed by atoms with Gasteiger partial charge in [0, 0.05) is 0 Å². The van der Waals surface area contributed by atoms with Crippen molar-refractivity contribution in [3.8, 4) is 0 Å². The summed E-state index contributed by atoms with van der Waals surface area (Å²) in [5, 5.41) is 10.6. The van der Waals surface area contributed by atoms with Crippen LogP contribution in [0.3, 0.4) is 0 Å². The zero-order chi connectivity index (χ0) is 14.7. The Morgan fingerprint density at radius 1 is 0.778 bits per heavy atom. The first-order chi connectivity index (χ1) is 8.03. The number of aliphatic hydroxyl groups excluding tert-OH is 1. The van der Waals surface area contributed by atoms with Crippen LogP contribution in [-0.2, 0) is 0 Å². The van der Waals surface area contributed by atoms with Gasteiger partial charge in [0.2, 0.25) is 0 Å². The third-order valence-electron chi connectivity index (χ3n) is 4.36. The minimum absolute atomic E-state index is 0.129. The van der Waals surface area contributed by atoms with E-state index in [4.69, 9.17) is 0 Å². The Kier molecular flexibility index (Phi) is 6.40. The van der Waals surface area contributed by atoms with Gasteiger partial charge in [-0.15, -0.1) is 0 Å². The summed E-state index contributed by atoms with van der Waals surface area (Å²) in [5.74, 6) is 1.64. The molecule has 0 radical (unpaired) electrons. The van der Waals surface area contributed by atoms with Crippen LogP contribution in [0, 0.1) is 28.6 Å². The summed E-state index contributed by atoms with van der Waals surface area (Å²) in [5.41, 5.74) is 0.440. The lowest BCUT2D eigenvalue weighted by Crippen LogP contribution is -2.47. The van der Waals surface area contributed by atoms with Gasteiger partial charge in [0.05, 0.1) is 6.10 Å². The predicted octanol–water partition coefficient (Wildman–Crippen LogP) is 5.13. The molecule has 1 N–H and O–H groups in total. The number of hydrogen-bond acceptors (Lipinski definition) is 1. The van der Waals surface area contributed by atoms with E-state index >= 15 is 0 Å². The topological polar surface area (TPSA) is 20.2 Å². The summed E-state index contributed by atoms with van der Waals surface area (Å²) >= 11 is 0. The Balaban J connectivity index is 0.00000137. The number of aliphatic hydroxyl groups is 1. The first-order valence-corrected chi connectivity index (χ1v) is 7.71. The molecule has 1 aliphatic carbocycles. The molecular formula is C17H36O. The van der Waals surface area contributed by atoms with E-state index in [1.54, 1.807) is 0 Å². The summed E-state index contributed by atoms with van der Waals surface area (Å²) < 4.78 is 0. The van der Waals surface area contributed by atoms with Crippen molar-refractivity contribution in [2.75, 3.05) is 0 Å². The molecule has 0 saturated heterocycles. The van der Waals surface area contributed by atoms with E-state index in [2.05, 4.69) is 48.5 Å². The zero-order valence-corrected chi connectivity index (χ0v) is 14.2. The molecule has 0 amide bonds. The summed E-state index contributed by atoms with van der Waals surface area (Å²) in [6, 6.07) is 0. The molecule has 0 aromatic heterocycles. The van der Waals surface area contributed by atoms with Gasteiger partial charge in [0.25, 0.3) is 0 Å². The lowest BCUT2D eigenvalue weighted by molar-refractivity contribution is -0.0808. The predicted molar refractivity (Wildman–Crippen MR) is 81.6 cm³/mol. The summed E-state index contributed by atoms with van der Waals surface area (Å²) in [4.78, 5) is 0. The van der Waals surface area contributed by atoms with Crippen molar-refractivity contribution >= 4 is 0 Å². The Bertz CT molecular complexity index is 207. The molecule has 1 aliphatic rings. The molecule has 0 aromatic rings. The second-order valence-corrected chi connectivity index (χ2v) is 8.01. The monoisotopic (exact) mass is 256 g/mol. The third-order valence-corrected chi connectivity index (χ3v) is 4.36. The van der Waals surface area contributed by atoms with Crippen molar-refractivity contribution in [2.45, 2.75) is 81.3 Å². The number of rotatable bonds is 0. The van der Waals surface area contributed by atoms with Gasteiger partial charge in [-0.1, -0.05) is 62.3 Å². The van der Waals surface area contributed by atoms with E-state index in [0.29, 0.717) is 11.8 Å². The first kappa shape index (κ1) is 18.0. The average Bonchev–Trinajstić information content (AvgIpc) is 2.21. The molecule has 18 heavy (non-hydrogen) atoms. The van der Waals surface area contributed by atoms with E-state index in [0.717, 1.165) is 5.92 Å². The fraction of sp³-hybridized carbons (Fsp3) is 1.00. The normalized spacial score (nSPS) is 33.7. The van der Waals surface area contributed by atoms with Crippen LogP contribution in [0.1, 0.15) is 75.2 Å². The summed E-state index contributed by atoms with van der Waals surface area (Å²) in [7, 11) is 0. The largest absolute Gasteiger partial charge is 0.393 e. The molecule has 0 spiro atoms. The quantitative estimate of drug-likeness (QED) is 0.637. The zero-order valence-electron chi connectivity index (χ0n) is 14.2. The van der Waals surface area contributed by atoms with Crippen molar-refractivity contribution in [1.29, 1.82) is 0 Å². The molecule has 1 nitrogen and oxygen atoms in total. The summed E-state index contributed by atoms with van der Waals surface area (Å²) in [6.45, 7) is 19.9. The van der Waals surface area contributed by atoms with E-state index in [-0.39, 0.29) is 16.9 Å². The minimum Gasteiger partial charge on any atom is -0.393 e. The molecule has 1 rings (SSSR count). The lowest BCUT2D eigenvalue weighted by atomic mass is 9.59. The Morgan fingerprint density at radius 3 is 1.28 bits per heavy atom. The fourth-order valence-corrected chi connectivity index (χ4v) is 3.25. The van der Waals surface area contributed by atoms with Crippen molar-refractivity contribution in [2.24, 2.45) is 28.6 Å². The Labute approximate surface area is 115 Å². The molecule has 110 valence electrons. The molecule has 0 aliphatic heterocycles. The van der Waals surface area contributed by atoms with E-state index in [9.17, 15) is 5.11 Å². The maximum Gasteiger partial charge on any atom is 0.0606 e. The highest BCUT2D eigenvalue weighted by molar-refractivity contribution is 4.94. The van der Waals surface area contributed by atoms with Gasteiger partial charge in [0.15, 0.2) is 0 Å². The van der Waals surface area contributed by atoms with Crippen LogP contribution in [0.5, 0.6) is 0 Å². The lowest BCUT2D eigenvalue weighted by Gasteiger charge is -2.48. The first-order valence-electron chi connectivity index (χ1n) is 7.71. The molecule has 2 atom stereocenters. The van der Waals surface area contributed by atoms with Crippen LogP contribution >= 0.6 is 0 Å².